The topological polar surface area (TPSA) is 58.6 Å². The van der Waals surface area contributed by atoms with Crippen LogP contribution in [-0.4, -0.2) is 21.2 Å². The average Bonchev–Trinajstić information content (AvgIpc) is 2.21. The van der Waals surface area contributed by atoms with Crippen LogP contribution in [0.3, 0.4) is 0 Å². The van der Waals surface area contributed by atoms with E-state index in [4.69, 9.17) is 23.2 Å². The Bertz CT molecular complexity index is 584. The Balaban J connectivity index is 2.86. The summed E-state index contributed by atoms with van der Waals surface area (Å²) >= 11 is 12.8. The lowest BCUT2D eigenvalue weighted by atomic mass is 10.3. The van der Waals surface area contributed by atoms with E-state index >= 15 is 0 Å². The molecule has 4 nitrogen and oxygen atoms in total. The number of fused-ring (bicyclic) bond motifs is 1. The Hall–Kier alpha value is -0.780. The van der Waals surface area contributed by atoms with Gasteiger partial charge < -0.3 is 4.98 Å². The summed E-state index contributed by atoms with van der Waals surface area (Å²) in [4.78, 5) is 22.2. The van der Waals surface area contributed by atoms with Crippen LogP contribution in [0.5, 0.6) is 0 Å². The SMILES string of the molecule is CSc1nc2nc(Cl)c(Cl)cc2c(=O)[nH]1. The summed E-state index contributed by atoms with van der Waals surface area (Å²) in [6.45, 7) is 0. The zero-order chi connectivity index (χ0) is 11.0. The van der Waals surface area contributed by atoms with Crippen molar-refractivity contribution in [1.29, 1.82) is 0 Å². The minimum Gasteiger partial charge on any atom is -0.301 e. The fraction of sp³-hybridized carbons (Fsp3) is 0.125. The molecule has 0 spiro atoms. The molecule has 0 aliphatic carbocycles. The first kappa shape index (κ1) is 10.7. The maximum Gasteiger partial charge on any atom is 0.261 e. The highest BCUT2D eigenvalue weighted by molar-refractivity contribution is 7.98. The van der Waals surface area contributed by atoms with Crippen molar-refractivity contribution in [2.75, 3.05) is 6.26 Å². The van der Waals surface area contributed by atoms with Crippen LogP contribution in [0.2, 0.25) is 10.2 Å². The molecule has 0 radical (unpaired) electrons. The molecule has 2 heterocycles. The molecular weight excluding hydrogens is 257 g/mol. The fourth-order valence-electron chi connectivity index (χ4n) is 1.10. The largest absolute Gasteiger partial charge is 0.301 e. The number of rotatable bonds is 1. The van der Waals surface area contributed by atoms with Crippen LogP contribution in [0.25, 0.3) is 11.0 Å². The van der Waals surface area contributed by atoms with E-state index in [0.29, 0.717) is 16.2 Å². The summed E-state index contributed by atoms with van der Waals surface area (Å²) in [7, 11) is 0. The number of halogens is 2. The van der Waals surface area contributed by atoms with Crippen molar-refractivity contribution >= 4 is 46.0 Å². The molecule has 0 amide bonds. The second kappa shape index (κ2) is 4.00. The number of H-pyrrole nitrogens is 1. The van der Waals surface area contributed by atoms with Gasteiger partial charge >= 0.3 is 0 Å². The van der Waals surface area contributed by atoms with Crippen LogP contribution in [-0.2, 0) is 0 Å². The van der Waals surface area contributed by atoms with Gasteiger partial charge in [-0.1, -0.05) is 35.0 Å². The summed E-state index contributed by atoms with van der Waals surface area (Å²) in [5, 5.41) is 1.23. The first-order chi connectivity index (χ1) is 7.11. The van der Waals surface area contributed by atoms with Gasteiger partial charge in [-0.25, -0.2) is 9.97 Å². The number of nitrogens with zero attached hydrogens (tertiary/aromatic N) is 2. The molecule has 0 saturated carbocycles. The highest BCUT2D eigenvalue weighted by Gasteiger charge is 2.08. The fourth-order valence-corrected chi connectivity index (χ4v) is 1.75. The van der Waals surface area contributed by atoms with Gasteiger partial charge in [0.25, 0.3) is 5.56 Å². The molecule has 0 aliphatic heterocycles. The number of nitrogens with one attached hydrogen (secondary N) is 1. The van der Waals surface area contributed by atoms with Gasteiger partial charge in [-0.2, -0.15) is 0 Å². The standard InChI is InChI=1S/C8H5Cl2N3OS/c1-15-8-12-6-3(7(14)13-8)2-4(9)5(10)11-6/h2H,1H3,(H,11,12,13,14). The summed E-state index contributed by atoms with van der Waals surface area (Å²) in [5.41, 5.74) is 0.0351. The lowest BCUT2D eigenvalue weighted by Gasteiger charge is -2.00. The normalized spacial score (nSPS) is 10.9. The molecule has 0 saturated heterocycles. The van der Waals surface area contributed by atoms with Crippen molar-refractivity contribution < 1.29 is 0 Å². The van der Waals surface area contributed by atoms with Crippen molar-refractivity contribution in [2.45, 2.75) is 5.16 Å². The van der Waals surface area contributed by atoms with E-state index in [2.05, 4.69) is 15.0 Å². The number of pyridine rings is 1. The Morgan fingerprint density at radius 3 is 2.80 bits per heavy atom. The van der Waals surface area contributed by atoms with E-state index in [1.54, 1.807) is 0 Å². The molecule has 7 heteroatoms. The smallest absolute Gasteiger partial charge is 0.261 e. The van der Waals surface area contributed by atoms with Crippen molar-refractivity contribution in [2.24, 2.45) is 0 Å². The van der Waals surface area contributed by atoms with E-state index < -0.39 is 0 Å². The third-order valence-corrected chi connectivity index (χ3v) is 3.03. The first-order valence-corrected chi connectivity index (χ1v) is 5.90. The maximum absolute atomic E-state index is 11.6. The molecule has 0 aliphatic rings. The Morgan fingerprint density at radius 1 is 1.40 bits per heavy atom. The van der Waals surface area contributed by atoms with E-state index in [1.165, 1.54) is 17.8 Å². The summed E-state index contributed by atoms with van der Waals surface area (Å²) in [5.74, 6) is 0. The zero-order valence-corrected chi connectivity index (χ0v) is 9.87. The van der Waals surface area contributed by atoms with Gasteiger partial charge in [0.1, 0.15) is 5.15 Å². The summed E-state index contributed by atoms with van der Waals surface area (Å²) in [6.07, 6.45) is 1.81. The maximum atomic E-state index is 11.6. The third-order valence-electron chi connectivity index (χ3n) is 1.78. The number of thioether (sulfide) groups is 1. The molecule has 2 rings (SSSR count). The van der Waals surface area contributed by atoms with E-state index in [0.717, 1.165) is 0 Å². The molecule has 2 aromatic heterocycles. The van der Waals surface area contributed by atoms with Crippen LogP contribution in [0.4, 0.5) is 0 Å². The Labute approximate surface area is 99.0 Å². The second-order valence-electron chi connectivity index (χ2n) is 2.71. The average molecular weight is 262 g/mol. The quantitative estimate of drug-likeness (QED) is 0.487. The van der Waals surface area contributed by atoms with Crippen LogP contribution in [0.15, 0.2) is 16.0 Å². The molecule has 0 aromatic carbocycles. The van der Waals surface area contributed by atoms with Crippen LogP contribution >= 0.6 is 35.0 Å². The predicted octanol–water partition coefficient (Wildman–Crippen LogP) is 2.35. The minimum absolute atomic E-state index is 0.148. The van der Waals surface area contributed by atoms with Crippen LogP contribution in [0, 0.1) is 0 Å². The van der Waals surface area contributed by atoms with Crippen molar-refractivity contribution in [3.63, 3.8) is 0 Å². The van der Waals surface area contributed by atoms with Gasteiger partial charge in [0, 0.05) is 0 Å². The van der Waals surface area contributed by atoms with Gasteiger partial charge in [0.2, 0.25) is 0 Å². The van der Waals surface area contributed by atoms with Crippen LogP contribution < -0.4 is 5.56 Å². The van der Waals surface area contributed by atoms with Crippen LogP contribution in [0.1, 0.15) is 0 Å². The lowest BCUT2D eigenvalue weighted by molar-refractivity contribution is 0.964. The van der Waals surface area contributed by atoms with Gasteiger partial charge in [0.05, 0.1) is 10.4 Å². The van der Waals surface area contributed by atoms with Crippen molar-refractivity contribution in [1.82, 2.24) is 15.0 Å². The molecular formula is C8H5Cl2N3OS. The van der Waals surface area contributed by atoms with Gasteiger partial charge in [0.15, 0.2) is 10.8 Å². The Kier molecular flexibility index (Phi) is 2.86. The predicted molar refractivity (Wildman–Crippen MR) is 62.0 cm³/mol. The first-order valence-electron chi connectivity index (χ1n) is 3.92. The minimum atomic E-state index is -0.268. The number of aromatic amines is 1. The summed E-state index contributed by atoms with van der Waals surface area (Å²) in [6, 6.07) is 1.46. The second-order valence-corrected chi connectivity index (χ2v) is 4.27. The molecule has 0 bridgehead atoms. The van der Waals surface area contributed by atoms with E-state index in [1.807, 2.05) is 6.26 Å². The molecule has 0 fully saturated rings. The summed E-state index contributed by atoms with van der Waals surface area (Å²) < 4.78 is 0. The molecule has 15 heavy (non-hydrogen) atoms. The third kappa shape index (κ3) is 1.95. The highest BCUT2D eigenvalue weighted by atomic mass is 35.5. The number of hydrogen-bond acceptors (Lipinski definition) is 4. The molecule has 0 atom stereocenters. The number of hydrogen-bond donors (Lipinski definition) is 1. The monoisotopic (exact) mass is 261 g/mol. The number of aromatic nitrogens is 3. The molecule has 2 aromatic rings. The lowest BCUT2D eigenvalue weighted by Crippen LogP contribution is -2.10. The molecule has 1 N–H and O–H groups in total. The molecule has 78 valence electrons. The Morgan fingerprint density at radius 2 is 2.13 bits per heavy atom. The van der Waals surface area contributed by atoms with Crippen molar-refractivity contribution in [3.05, 3.63) is 26.6 Å². The highest BCUT2D eigenvalue weighted by Crippen LogP contribution is 2.22. The van der Waals surface area contributed by atoms with Gasteiger partial charge in [-0.15, -0.1) is 0 Å². The van der Waals surface area contributed by atoms with Gasteiger partial charge in [-0.05, 0) is 12.3 Å². The van der Waals surface area contributed by atoms with Crippen molar-refractivity contribution in [3.8, 4) is 0 Å². The van der Waals surface area contributed by atoms with Gasteiger partial charge in [-0.3, -0.25) is 4.79 Å². The zero-order valence-electron chi connectivity index (χ0n) is 7.54. The van der Waals surface area contributed by atoms with E-state index in [9.17, 15) is 4.79 Å². The molecule has 0 unspecified atom stereocenters. The van der Waals surface area contributed by atoms with E-state index in [-0.39, 0.29) is 15.7 Å².